The second-order valence-corrected chi connectivity index (χ2v) is 7.89. The van der Waals surface area contributed by atoms with Gasteiger partial charge in [-0.2, -0.15) is 0 Å². The summed E-state index contributed by atoms with van der Waals surface area (Å²) in [4.78, 5) is 14.0. The number of likely N-dealkylation sites (N-methyl/N-ethyl adjacent to an activating group) is 1. The summed E-state index contributed by atoms with van der Waals surface area (Å²) in [5.74, 6) is -0.102. The van der Waals surface area contributed by atoms with Crippen molar-refractivity contribution in [2.24, 2.45) is 5.92 Å². The Labute approximate surface area is 201 Å². The molecule has 1 atom stereocenters. The number of hydrogen-bond acceptors (Lipinski definition) is 9. The Morgan fingerprint density at radius 2 is 1.03 bits per heavy atom. The van der Waals surface area contributed by atoms with Gasteiger partial charge >= 0.3 is 5.97 Å². The summed E-state index contributed by atoms with van der Waals surface area (Å²) in [6, 6.07) is 0. The topological polar surface area (TPSA) is 84.9 Å². The maximum Gasteiger partial charge on any atom is 0.308 e. The maximum atomic E-state index is 12.0. The number of hydrogen-bond donors (Lipinski definition) is 0. The Morgan fingerprint density at radius 1 is 0.636 bits per heavy atom. The van der Waals surface area contributed by atoms with Crippen LogP contribution in [0.25, 0.3) is 0 Å². The molecule has 0 saturated heterocycles. The van der Waals surface area contributed by atoms with E-state index in [0.717, 1.165) is 38.8 Å². The van der Waals surface area contributed by atoms with Crippen molar-refractivity contribution in [2.45, 2.75) is 39.5 Å². The molecule has 0 rings (SSSR count). The van der Waals surface area contributed by atoms with Crippen molar-refractivity contribution >= 4 is 5.97 Å². The molecule has 0 aromatic carbocycles. The van der Waals surface area contributed by atoms with Crippen LogP contribution in [0, 0.1) is 5.92 Å². The van der Waals surface area contributed by atoms with Crippen LogP contribution in [0.5, 0.6) is 0 Å². The van der Waals surface area contributed by atoms with E-state index in [2.05, 4.69) is 11.8 Å². The number of esters is 1. The lowest BCUT2D eigenvalue weighted by atomic mass is 10.00. The van der Waals surface area contributed by atoms with Gasteiger partial charge in [-0.3, -0.25) is 4.79 Å². The molecule has 0 aromatic rings. The average Bonchev–Trinajstić information content (AvgIpc) is 2.80. The highest BCUT2D eigenvalue weighted by atomic mass is 16.6. The molecule has 1 unspecified atom stereocenters. The van der Waals surface area contributed by atoms with Crippen molar-refractivity contribution in [3.05, 3.63) is 0 Å². The summed E-state index contributed by atoms with van der Waals surface area (Å²) < 4.78 is 37.9. The highest BCUT2D eigenvalue weighted by Gasteiger charge is 2.16. The highest BCUT2D eigenvalue weighted by molar-refractivity contribution is 5.72. The molecule has 0 heterocycles. The van der Waals surface area contributed by atoms with Gasteiger partial charge in [0, 0.05) is 6.54 Å². The summed E-state index contributed by atoms with van der Waals surface area (Å²) in [5, 5.41) is 0. The van der Waals surface area contributed by atoms with Gasteiger partial charge < -0.3 is 38.1 Å². The number of rotatable bonds is 26. The van der Waals surface area contributed by atoms with Gasteiger partial charge in [0.15, 0.2) is 0 Å². The van der Waals surface area contributed by atoms with Gasteiger partial charge in [-0.15, -0.1) is 0 Å². The molecule has 0 spiro atoms. The first kappa shape index (κ1) is 32.2. The van der Waals surface area contributed by atoms with E-state index in [9.17, 15) is 4.79 Å². The lowest BCUT2D eigenvalue weighted by Gasteiger charge is -2.13. The first-order valence-electron chi connectivity index (χ1n) is 12.4. The highest BCUT2D eigenvalue weighted by Crippen LogP contribution is 2.14. The van der Waals surface area contributed by atoms with E-state index in [4.69, 9.17) is 33.2 Å². The molecular formula is C24H49NO8. The summed E-state index contributed by atoms with van der Waals surface area (Å²) in [7, 11) is 4.04. The molecule has 9 nitrogen and oxygen atoms in total. The second-order valence-electron chi connectivity index (χ2n) is 7.89. The van der Waals surface area contributed by atoms with Crippen molar-refractivity contribution in [1.29, 1.82) is 0 Å². The van der Waals surface area contributed by atoms with Crippen molar-refractivity contribution in [1.82, 2.24) is 4.90 Å². The minimum Gasteiger partial charge on any atom is -0.463 e. The van der Waals surface area contributed by atoms with E-state index in [1.165, 1.54) is 0 Å². The molecule has 33 heavy (non-hydrogen) atoms. The molecule has 0 fully saturated rings. The van der Waals surface area contributed by atoms with Crippen molar-refractivity contribution in [3.63, 3.8) is 0 Å². The fourth-order valence-corrected chi connectivity index (χ4v) is 2.71. The summed E-state index contributed by atoms with van der Waals surface area (Å²) >= 11 is 0. The van der Waals surface area contributed by atoms with Crippen LogP contribution >= 0.6 is 0 Å². The zero-order valence-electron chi connectivity index (χ0n) is 21.5. The third-order valence-electron chi connectivity index (χ3n) is 4.75. The predicted molar refractivity (Wildman–Crippen MR) is 128 cm³/mol. The summed E-state index contributed by atoms with van der Waals surface area (Å²) in [5.41, 5.74) is 0. The van der Waals surface area contributed by atoms with Crippen LogP contribution in [0.15, 0.2) is 0 Å². The molecule has 9 heteroatoms. The lowest BCUT2D eigenvalue weighted by Crippen LogP contribution is -2.20. The second kappa shape index (κ2) is 25.8. The van der Waals surface area contributed by atoms with Crippen LogP contribution in [-0.4, -0.2) is 117 Å². The van der Waals surface area contributed by atoms with Crippen LogP contribution in [0.4, 0.5) is 0 Å². The Kier molecular flexibility index (Phi) is 25.2. The van der Waals surface area contributed by atoms with Gasteiger partial charge in [0.05, 0.1) is 85.2 Å². The molecule has 0 saturated carbocycles. The van der Waals surface area contributed by atoms with E-state index in [-0.39, 0.29) is 11.9 Å². The normalized spacial score (nSPS) is 12.4. The number of ether oxygens (including phenoxy) is 7. The first-order chi connectivity index (χ1) is 16.1. The smallest absolute Gasteiger partial charge is 0.308 e. The van der Waals surface area contributed by atoms with Gasteiger partial charge in [0.2, 0.25) is 0 Å². The monoisotopic (exact) mass is 479 g/mol. The minimum absolute atomic E-state index is 0.00938. The summed E-state index contributed by atoms with van der Waals surface area (Å²) in [6.45, 7) is 11.8. The number of carbonyl (C=O) groups is 1. The van der Waals surface area contributed by atoms with Crippen LogP contribution in [0.1, 0.15) is 39.5 Å². The third kappa shape index (κ3) is 24.1. The zero-order valence-corrected chi connectivity index (χ0v) is 21.5. The van der Waals surface area contributed by atoms with Gasteiger partial charge in [-0.25, -0.2) is 0 Å². The molecule has 0 aliphatic rings. The standard InChI is InChI=1S/C24H49NO8/c1-5-7-8-23(6-2)24(26)33-22-21-32-20-19-31-18-17-30-16-15-29-14-13-28-12-11-27-10-9-25(3)4/h23H,5-22H2,1-4H3. The number of carbonyl (C=O) groups excluding carboxylic acids is 1. The molecule has 0 radical (unpaired) electrons. The summed E-state index contributed by atoms with van der Waals surface area (Å²) in [6.07, 6.45) is 3.87. The Hall–Kier alpha value is -0.810. The average molecular weight is 480 g/mol. The predicted octanol–water partition coefficient (Wildman–Crippen LogP) is 2.41. The molecule has 0 aromatic heterocycles. The quantitative estimate of drug-likeness (QED) is 0.137. The van der Waals surface area contributed by atoms with Crippen molar-refractivity contribution < 1.29 is 38.0 Å². The Balaban J connectivity index is 3.20. The number of unbranched alkanes of at least 4 members (excludes halogenated alkanes) is 1. The largest absolute Gasteiger partial charge is 0.463 e. The molecular weight excluding hydrogens is 430 g/mol. The van der Waals surface area contributed by atoms with Crippen LogP contribution in [0.3, 0.4) is 0 Å². The maximum absolute atomic E-state index is 12.0. The van der Waals surface area contributed by atoms with E-state index in [0.29, 0.717) is 79.3 Å². The van der Waals surface area contributed by atoms with Crippen LogP contribution in [-0.2, 0) is 38.0 Å². The molecule has 0 amide bonds. The van der Waals surface area contributed by atoms with Gasteiger partial charge in [0.1, 0.15) is 6.61 Å². The first-order valence-corrected chi connectivity index (χ1v) is 12.4. The minimum atomic E-state index is -0.111. The van der Waals surface area contributed by atoms with Crippen molar-refractivity contribution in [2.75, 3.05) is 107 Å². The van der Waals surface area contributed by atoms with Crippen LogP contribution < -0.4 is 0 Å². The van der Waals surface area contributed by atoms with Gasteiger partial charge in [-0.1, -0.05) is 26.7 Å². The fourth-order valence-electron chi connectivity index (χ4n) is 2.71. The fraction of sp³-hybridized carbons (Fsp3) is 0.958. The van der Waals surface area contributed by atoms with E-state index in [1.54, 1.807) is 0 Å². The van der Waals surface area contributed by atoms with Crippen molar-refractivity contribution in [3.8, 4) is 0 Å². The molecule has 0 aliphatic carbocycles. The van der Waals surface area contributed by atoms with E-state index >= 15 is 0 Å². The van der Waals surface area contributed by atoms with Gasteiger partial charge in [-0.05, 0) is 26.9 Å². The van der Waals surface area contributed by atoms with E-state index < -0.39 is 0 Å². The Bertz CT molecular complexity index is 412. The number of nitrogens with zero attached hydrogens (tertiary/aromatic N) is 1. The van der Waals surface area contributed by atoms with Crippen LogP contribution in [0.2, 0.25) is 0 Å². The SMILES string of the molecule is CCCCC(CC)C(=O)OCCOCCOCCOCCOCCOCCOCCN(C)C. The molecule has 198 valence electrons. The zero-order chi connectivity index (χ0) is 24.4. The Morgan fingerprint density at radius 3 is 1.39 bits per heavy atom. The molecule has 0 N–H and O–H groups in total. The lowest BCUT2D eigenvalue weighted by molar-refractivity contribution is -0.150. The molecule has 0 aliphatic heterocycles. The molecule has 0 bridgehead atoms. The van der Waals surface area contributed by atoms with Gasteiger partial charge in [0.25, 0.3) is 0 Å². The third-order valence-corrected chi connectivity index (χ3v) is 4.75. The van der Waals surface area contributed by atoms with E-state index in [1.807, 2.05) is 21.0 Å².